The fourth-order valence-corrected chi connectivity index (χ4v) is 4.74. The van der Waals surface area contributed by atoms with Crippen LogP contribution in [0.1, 0.15) is 29.5 Å². The number of nitrogens with zero attached hydrogens (tertiary/aromatic N) is 1. The second kappa shape index (κ2) is 11.9. The molecule has 4 rings (SSSR count). The summed E-state index contributed by atoms with van der Waals surface area (Å²) in [6.45, 7) is 2.08. The summed E-state index contributed by atoms with van der Waals surface area (Å²) in [5.41, 5.74) is 5.19. The summed E-state index contributed by atoms with van der Waals surface area (Å²) in [5.74, 6) is -1.28. The van der Waals surface area contributed by atoms with Crippen LogP contribution < -0.4 is 5.32 Å². The van der Waals surface area contributed by atoms with Crippen LogP contribution in [-0.4, -0.2) is 40.2 Å². The van der Waals surface area contributed by atoms with Gasteiger partial charge in [-0.1, -0.05) is 41.9 Å². The lowest BCUT2D eigenvalue weighted by atomic mass is 9.98. The minimum absolute atomic E-state index is 0.296. The Bertz CT molecular complexity index is 1090. The Kier molecular flexibility index (Phi) is 8.90. The third-order valence-corrected chi connectivity index (χ3v) is 6.39. The zero-order chi connectivity index (χ0) is 22.9. The number of carboxylic acid groups (broad SMARTS) is 2. The van der Waals surface area contributed by atoms with Gasteiger partial charge >= 0.3 is 11.9 Å². The van der Waals surface area contributed by atoms with Gasteiger partial charge in [0.25, 0.3) is 0 Å². The van der Waals surface area contributed by atoms with Gasteiger partial charge in [-0.05, 0) is 60.8 Å². The van der Waals surface area contributed by atoms with Gasteiger partial charge in [-0.25, -0.2) is 4.98 Å². The van der Waals surface area contributed by atoms with Crippen LogP contribution in [0.2, 0.25) is 5.02 Å². The van der Waals surface area contributed by atoms with Gasteiger partial charge in [0.15, 0.2) is 0 Å². The van der Waals surface area contributed by atoms with Crippen LogP contribution in [0.4, 0.5) is 0 Å². The zero-order valence-corrected chi connectivity index (χ0v) is 19.1. The van der Waals surface area contributed by atoms with E-state index in [1.54, 1.807) is 11.8 Å². The number of aromatic nitrogens is 1. The number of rotatable bonds is 6. The Morgan fingerprint density at radius 3 is 2.44 bits per heavy atom. The van der Waals surface area contributed by atoms with E-state index >= 15 is 0 Å². The van der Waals surface area contributed by atoms with Gasteiger partial charge in [0.1, 0.15) is 0 Å². The largest absolute Gasteiger partial charge is 0.481 e. The topological polar surface area (TPSA) is 99.5 Å². The van der Waals surface area contributed by atoms with Gasteiger partial charge in [-0.15, -0.1) is 11.8 Å². The Morgan fingerprint density at radius 1 is 0.969 bits per heavy atom. The number of hydrogen-bond donors (Lipinski definition) is 3. The van der Waals surface area contributed by atoms with Crippen LogP contribution in [0, 0.1) is 0 Å². The van der Waals surface area contributed by atoms with Crippen LogP contribution >= 0.6 is 23.4 Å². The molecule has 32 heavy (non-hydrogen) atoms. The lowest BCUT2D eigenvalue weighted by Crippen LogP contribution is -2.16. The quantitative estimate of drug-likeness (QED) is 0.443. The molecule has 2 aromatic carbocycles. The molecule has 3 aromatic rings. The predicted molar refractivity (Wildman–Crippen MR) is 128 cm³/mol. The zero-order valence-electron chi connectivity index (χ0n) is 17.5. The highest BCUT2D eigenvalue weighted by Gasteiger charge is 2.15. The number of fused-ring (bicyclic) bond motifs is 2. The third-order valence-electron chi connectivity index (χ3n) is 5.08. The van der Waals surface area contributed by atoms with Gasteiger partial charge in [0.05, 0.1) is 23.4 Å². The van der Waals surface area contributed by atoms with Gasteiger partial charge in [-0.2, -0.15) is 0 Å². The number of benzene rings is 2. The number of para-hydroxylation sites is 1. The Labute approximate surface area is 196 Å². The molecule has 1 aliphatic rings. The molecule has 1 aromatic heterocycles. The maximum atomic E-state index is 9.64. The molecule has 0 aliphatic carbocycles. The summed E-state index contributed by atoms with van der Waals surface area (Å²) in [4.78, 5) is 24.0. The molecular formula is C24H25ClN2O4S. The fourth-order valence-electron chi connectivity index (χ4n) is 3.46. The lowest BCUT2D eigenvalue weighted by Gasteiger charge is -2.14. The van der Waals surface area contributed by atoms with Crippen LogP contribution in [0.3, 0.4) is 0 Å². The molecule has 0 saturated carbocycles. The maximum Gasteiger partial charge on any atom is 0.303 e. The average Bonchev–Trinajstić information content (AvgIpc) is 3.03. The highest BCUT2D eigenvalue weighted by Crippen LogP contribution is 2.32. The Hall–Kier alpha value is -2.61. The highest BCUT2D eigenvalue weighted by molar-refractivity contribution is 7.98. The van der Waals surface area contributed by atoms with E-state index in [1.165, 1.54) is 22.1 Å². The Morgan fingerprint density at radius 2 is 1.69 bits per heavy atom. The number of halogens is 1. The standard InChI is InChI=1S/C20H19ClN2S.C4H6O4/c21-18-7-5-14-9-11-22-12-10-16(14)17(18)13-24-20-8-6-15-3-1-2-4-19(15)23-20;5-3(6)1-2-4(7)8/h1-8,22H,9-13H2;1-2H2,(H,5,6)(H,7,8). The van der Waals surface area contributed by atoms with E-state index < -0.39 is 11.9 Å². The average molecular weight is 473 g/mol. The number of carbonyl (C=O) groups is 2. The van der Waals surface area contributed by atoms with Crippen molar-refractivity contribution in [3.8, 4) is 0 Å². The minimum atomic E-state index is -1.08. The molecule has 1 aliphatic heterocycles. The molecule has 0 fully saturated rings. The van der Waals surface area contributed by atoms with Crippen molar-refractivity contribution in [1.29, 1.82) is 0 Å². The molecule has 0 bridgehead atoms. The van der Waals surface area contributed by atoms with Crippen molar-refractivity contribution in [1.82, 2.24) is 10.3 Å². The second-order valence-corrected chi connectivity index (χ2v) is 8.73. The van der Waals surface area contributed by atoms with Gasteiger partial charge in [0.2, 0.25) is 0 Å². The number of pyridine rings is 1. The van der Waals surface area contributed by atoms with Crippen LogP contribution in [0.15, 0.2) is 53.6 Å². The SMILES string of the molecule is Clc1ccc2c(c1CSc1ccc3ccccc3n1)CCNCC2.O=C(O)CCC(=O)O. The highest BCUT2D eigenvalue weighted by atomic mass is 35.5. The lowest BCUT2D eigenvalue weighted by molar-refractivity contribution is -0.143. The first-order valence-corrected chi connectivity index (χ1v) is 11.7. The molecule has 8 heteroatoms. The summed E-state index contributed by atoms with van der Waals surface area (Å²) in [6, 6.07) is 16.7. The van der Waals surface area contributed by atoms with Crippen molar-refractivity contribution in [3.63, 3.8) is 0 Å². The molecule has 6 nitrogen and oxygen atoms in total. The predicted octanol–water partition coefficient (Wildman–Crippen LogP) is 4.80. The van der Waals surface area contributed by atoms with Crippen molar-refractivity contribution >= 4 is 46.2 Å². The Balaban J connectivity index is 0.000000312. The van der Waals surface area contributed by atoms with Crippen molar-refractivity contribution in [2.75, 3.05) is 13.1 Å². The number of aliphatic carboxylic acids is 2. The van der Waals surface area contributed by atoms with E-state index in [0.29, 0.717) is 0 Å². The normalized spacial score (nSPS) is 12.9. The van der Waals surface area contributed by atoms with E-state index in [0.717, 1.165) is 47.2 Å². The fraction of sp³-hybridized carbons (Fsp3) is 0.292. The molecule has 168 valence electrons. The molecule has 0 spiro atoms. The molecule has 0 amide bonds. The van der Waals surface area contributed by atoms with Crippen LogP contribution in [0.5, 0.6) is 0 Å². The van der Waals surface area contributed by atoms with E-state index in [2.05, 4.69) is 41.7 Å². The molecule has 3 N–H and O–H groups in total. The maximum absolute atomic E-state index is 9.64. The minimum Gasteiger partial charge on any atom is -0.481 e. The molecule has 0 unspecified atom stereocenters. The van der Waals surface area contributed by atoms with Gasteiger partial charge in [-0.3, -0.25) is 9.59 Å². The monoisotopic (exact) mass is 472 g/mol. The van der Waals surface area contributed by atoms with Crippen LogP contribution in [0.25, 0.3) is 10.9 Å². The molecule has 0 radical (unpaired) electrons. The smallest absolute Gasteiger partial charge is 0.303 e. The first-order valence-electron chi connectivity index (χ1n) is 10.4. The van der Waals surface area contributed by atoms with Gasteiger partial charge in [0, 0.05) is 16.2 Å². The van der Waals surface area contributed by atoms with Gasteiger partial charge < -0.3 is 15.5 Å². The first-order chi connectivity index (χ1) is 15.4. The summed E-state index contributed by atoms with van der Waals surface area (Å²) >= 11 is 8.29. The van der Waals surface area contributed by atoms with Crippen molar-refractivity contribution in [3.05, 3.63) is 70.2 Å². The summed E-state index contributed by atoms with van der Waals surface area (Å²) in [5, 5.41) is 22.4. The third kappa shape index (κ3) is 6.95. The summed E-state index contributed by atoms with van der Waals surface area (Å²) in [7, 11) is 0. The molecule has 0 saturated heterocycles. The number of carboxylic acids is 2. The summed E-state index contributed by atoms with van der Waals surface area (Å²) < 4.78 is 0. The molecular weight excluding hydrogens is 448 g/mol. The number of thioether (sulfide) groups is 1. The van der Waals surface area contributed by atoms with E-state index in [9.17, 15) is 9.59 Å². The summed E-state index contributed by atoms with van der Waals surface area (Å²) in [6.07, 6.45) is 1.54. The number of nitrogens with one attached hydrogen (secondary N) is 1. The van der Waals surface area contributed by atoms with Crippen molar-refractivity contribution < 1.29 is 19.8 Å². The van der Waals surface area contributed by atoms with Crippen LogP contribution in [-0.2, 0) is 28.2 Å². The van der Waals surface area contributed by atoms with Crippen molar-refractivity contribution in [2.24, 2.45) is 0 Å². The second-order valence-electron chi connectivity index (χ2n) is 7.33. The molecule has 2 heterocycles. The van der Waals surface area contributed by atoms with E-state index in [-0.39, 0.29) is 12.8 Å². The van der Waals surface area contributed by atoms with E-state index in [4.69, 9.17) is 26.8 Å². The van der Waals surface area contributed by atoms with Crippen molar-refractivity contribution in [2.45, 2.75) is 36.5 Å². The number of hydrogen-bond acceptors (Lipinski definition) is 5. The molecule has 0 atom stereocenters. The van der Waals surface area contributed by atoms with E-state index in [1.807, 2.05) is 12.1 Å². The first kappa shape index (κ1) is 24.0.